The monoisotopic (exact) mass is 321 g/mol. The molecule has 0 aliphatic carbocycles. The van der Waals surface area contributed by atoms with Gasteiger partial charge < -0.3 is 15.2 Å². The first kappa shape index (κ1) is 13.9. The van der Waals surface area contributed by atoms with Crippen LogP contribution in [0.2, 0.25) is 0 Å². The third-order valence-electron chi connectivity index (χ3n) is 2.73. The Balaban J connectivity index is 2.39. The zero-order chi connectivity index (χ0) is 13.8. The van der Waals surface area contributed by atoms with Crippen LogP contribution in [0.3, 0.4) is 0 Å². The van der Waals surface area contributed by atoms with Gasteiger partial charge in [-0.1, -0.05) is 28.1 Å². The second-order valence-electron chi connectivity index (χ2n) is 4.22. The van der Waals surface area contributed by atoms with Crippen LogP contribution < -0.4 is 15.2 Å². The van der Waals surface area contributed by atoms with Crippen molar-refractivity contribution in [1.29, 1.82) is 0 Å². The summed E-state index contributed by atoms with van der Waals surface area (Å²) >= 11 is 3.42. The molecule has 100 valence electrons. The van der Waals surface area contributed by atoms with Crippen LogP contribution in [-0.4, -0.2) is 7.11 Å². The first-order valence-corrected chi connectivity index (χ1v) is 6.77. The minimum absolute atomic E-state index is 0.168. The second-order valence-corrected chi connectivity index (χ2v) is 5.14. The Morgan fingerprint density at radius 1 is 1.11 bits per heavy atom. The lowest BCUT2D eigenvalue weighted by atomic mass is 10.1. The summed E-state index contributed by atoms with van der Waals surface area (Å²) in [5, 5.41) is 0. The highest BCUT2D eigenvalue weighted by Crippen LogP contribution is 2.35. The highest BCUT2D eigenvalue weighted by Gasteiger charge is 2.14. The number of hydrogen-bond acceptors (Lipinski definition) is 3. The van der Waals surface area contributed by atoms with Crippen molar-refractivity contribution in [2.24, 2.45) is 5.73 Å². The third kappa shape index (κ3) is 3.28. The van der Waals surface area contributed by atoms with E-state index in [1.54, 1.807) is 7.11 Å². The van der Waals surface area contributed by atoms with Gasteiger partial charge in [0.1, 0.15) is 17.2 Å². The molecule has 4 heteroatoms. The quantitative estimate of drug-likeness (QED) is 0.914. The van der Waals surface area contributed by atoms with E-state index in [1.807, 2.05) is 49.4 Å². The summed E-state index contributed by atoms with van der Waals surface area (Å²) in [6, 6.07) is 13.2. The van der Waals surface area contributed by atoms with Crippen molar-refractivity contribution >= 4 is 15.9 Å². The molecular weight excluding hydrogens is 306 g/mol. The lowest BCUT2D eigenvalue weighted by Gasteiger charge is -2.17. The lowest BCUT2D eigenvalue weighted by molar-refractivity contribution is 0.397. The molecule has 0 heterocycles. The van der Waals surface area contributed by atoms with E-state index >= 15 is 0 Å². The summed E-state index contributed by atoms with van der Waals surface area (Å²) in [7, 11) is 1.63. The maximum Gasteiger partial charge on any atom is 0.135 e. The smallest absolute Gasteiger partial charge is 0.135 e. The van der Waals surface area contributed by atoms with E-state index < -0.39 is 0 Å². The number of ether oxygens (including phenoxy) is 2. The van der Waals surface area contributed by atoms with Crippen LogP contribution in [0.15, 0.2) is 46.9 Å². The van der Waals surface area contributed by atoms with Gasteiger partial charge in [-0.15, -0.1) is 0 Å². The van der Waals surface area contributed by atoms with Gasteiger partial charge in [-0.3, -0.25) is 0 Å². The fourth-order valence-corrected chi connectivity index (χ4v) is 2.28. The van der Waals surface area contributed by atoms with E-state index in [2.05, 4.69) is 15.9 Å². The van der Waals surface area contributed by atoms with Crippen molar-refractivity contribution in [3.63, 3.8) is 0 Å². The van der Waals surface area contributed by atoms with Crippen LogP contribution in [0, 0.1) is 0 Å². The average Bonchev–Trinajstić information content (AvgIpc) is 2.38. The molecule has 2 N–H and O–H groups in total. The summed E-state index contributed by atoms with van der Waals surface area (Å²) < 4.78 is 12.2. The van der Waals surface area contributed by atoms with Crippen LogP contribution >= 0.6 is 15.9 Å². The number of rotatable bonds is 4. The number of benzene rings is 2. The summed E-state index contributed by atoms with van der Waals surface area (Å²) in [6.07, 6.45) is 0. The molecule has 0 aromatic heterocycles. The fraction of sp³-hybridized carbons (Fsp3) is 0.200. The number of hydrogen-bond donors (Lipinski definition) is 1. The van der Waals surface area contributed by atoms with Crippen molar-refractivity contribution in [2.75, 3.05) is 7.11 Å². The summed E-state index contributed by atoms with van der Waals surface area (Å²) in [5.74, 6) is 2.21. The molecule has 0 fully saturated rings. The fourth-order valence-electron chi connectivity index (χ4n) is 1.90. The van der Waals surface area contributed by atoms with Gasteiger partial charge in [0.05, 0.1) is 12.7 Å². The summed E-state index contributed by atoms with van der Waals surface area (Å²) in [4.78, 5) is 0. The van der Waals surface area contributed by atoms with E-state index in [0.29, 0.717) is 5.75 Å². The minimum atomic E-state index is -0.168. The first-order valence-electron chi connectivity index (χ1n) is 5.97. The molecule has 0 radical (unpaired) electrons. The van der Waals surface area contributed by atoms with Gasteiger partial charge >= 0.3 is 0 Å². The lowest BCUT2D eigenvalue weighted by Crippen LogP contribution is -2.08. The number of methoxy groups -OCH3 is 1. The molecule has 0 aliphatic heterocycles. The largest absolute Gasteiger partial charge is 0.496 e. The van der Waals surface area contributed by atoms with Crippen molar-refractivity contribution < 1.29 is 9.47 Å². The summed E-state index contributed by atoms with van der Waals surface area (Å²) in [6.45, 7) is 1.91. The molecular formula is C15H16BrNO2. The van der Waals surface area contributed by atoms with E-state index in [-0.39, 0.29) is 6.04 Å². The third-order valence-corrected chi connectivity index (χ3v) is 3.22. The normalized spacial score (nSPS) is 12.0. The Labute approximate surface area is 121 Å². The van der Waals surface area contributed by atoms with Gasteiger partial charge in [0.25, 0.3) is 0 Å². The minimum Gasteiger partial charge on any atom is -0.496 e. The average molecular weight is 322 g/mol. The maximum absolute atomic E-state index is 6.01. The molecule has 0 spiro atoms. The summed E-state index contributed by atoms with van der Waals surface area (Å²) in [5.41, 5.74) is 6.87. The molecule has 1 atom stereocenters. The van der Waals surface area contributed by atoms with Gasteiger partial charge in [0, 0.05) is 10.5 Å². The van der Waals surface area contributed by atoms with E-state index in [0.717, 1.165) is 21.5 Å². The molecule has 0 saturated heterocycles. The molecule has 3 nitrogen and oxygen atoms in total. The van der Waals surface area contributed by atoms with Gasteiger partial charge in [0.15, 0.2) is 0 Å². The highest BCUT2D eigenvalue weighted by molar-refractivity contribution is 9.10. The number of nitrogens with two attached hydrogens (primary N) is 1. The predicted octanol–water partition coefficient (Wildman–Crippen LogP) is 4.27. The van der Waals surface area contributed by atoms with Crippen molar-refractivity contribution in [2.45, 2.75) is 13.0 Å². The van der Waals surface area contributed by atoms with Crippen molar-refractivity contribution in [3.8, 4) is 17.2 Å². The van der Waals surface area contributed by atoms with Crippen LogP contribution in [0.25, 0.3) is 0 Å². The second kappa shape index (κ2) is 6.08. The molecule has 1 unspecified atom stereocenters. The SMILES string of the molecule is COc1cccc(Oc2cccc(Br)c2)c1C(C)N. The Morgan fingerprint density at radius 3 is 2.42 bits per heavy atom. The molecule has 19 heavy (non-hydrogen) atoms. The van der Waals surface area contributed by atoms with Crippen molar-refractivity contribution in [3.05, 3.63) is 52.5 Å². The van der Waals surface area contributed by atoms with E-state index in [9.17, 15) is 0 Å². The zero-order valence-corrected chi connectivity index (χ0v) is 12.5. The van der Waals surface area contributed by atoms with Gasteiger partial charge in [0.2, 0.25) is 0 Å². The molecule has 0 aliphatic rings. The van der Waals surface area contributed by atoms with Gasteiger partial charge in [-0.05, 0) is 37.3 Å². The highest BCUT2D eigenvalue weighted by atomic mass is 79.9. The first-order chi connectivity index (χ1) is 9.11. The van der Waals surface area contributed by atoms with E-state index in [4.69, 9.17) is 15.2 Å². The van der Waals surface area contributed by atoms with Crippen molar-refractivity contribution in [1.82, 2.24) is 0 Å². The topological polar surface area (TPSA) is 44.5 Å². The Kier molecular flexibility index (Phi) is 4.45. The van der Waals surface area contributed by atoms with Gasteiger partial charge in [-0.25, -0.2) is 0 Å². The number of halogens is 1. The van der Waals surface area contributed by atoms with Crippen LogP contribution in [0.1, 0.15) is 18.5 Å². The van der Waals surface area contributed by atoms with Crippen LogP contribution in [0.5, 0.6) is 17.2 Å². The van der Waals surface area contributed by atoms with Gasteiger partial charge in [-0.2, -0.15) is 0 Å². The molecule has 2 aromatic carbocycles. The Morgan fingerprint density at radius 2 is 1.79 bits per heavy atom. The molecule has 0 amide bonds. The molecule has 0 saturated carbocycles. The molecule has 2 aromatic rings. The van der Waals surface area contributed by atoms with Crippen LogP contribution in [-0.2, 0) is 0 Å². The standard InChI is InChI=1S/C15H16BrNO2/c1-10(17)15-13(18-2)7-4-8-14(15)19-12-6-3-5-11(16)9-12/h3-10H,17H2,1-2H3. The van der Waals surface area contributed by atoms with Crippen LogP contribution in [0.4, 0.5) is 0 Å². The Bertz CT molecular complexity index is 570. The van der Waals surface area contributed by atoms with E-state index in [1.165, 1.54) is 0 Å². The molecule has 2 rings (SSSR count). The molecule has 0 bridgehead atoms. The predicted molar refractivity (Wildman–Crippen MR) is 79.8 cm³/mol. The maximum atomic E-state index is 6.01. The Hall–Kier alpha value is -1.52. The zero-order valence-electron chi connectivity index (χ0n) is 10.9.